The van der Waals surface area contributed by atoms with Crippen molar-refractivity contribution in [2.75, 3.05) is 36.6 Å². The molecular formula is C43H45N3O6. The highest BCUT2D eigenvalue weighted by Crippen LogP contribution is 2.60. The van der Waals surface area contributed by atoms with Crippen LogP contribution in [0.3, 0.4) is 0 Å². The maximum atomic E-state index is 15.0. The Morgan fingerprint density at radius 3 is 2.52 bits per heavy atom. The van der Waals surface area contributed by atoms with Gasteiger partial charge in [-0.1, -0.05) is 63.2 Å². The summed E-state index contributed by atoms with van der Waals surface area (Å²) < 4.78 is 12.7. The molecule has 3 amide bonds. The minimum absolute atomic E-state index is 0.0680. The van der Waals surface area contributed by atoms with E-state index in [2.05, 4.69) is 27.4 Å². The molecular weight excluding hydrogens is 654 g/mol. The van der Waals surface area contributed by atoms with E-state index < -0.39 is 17.1 Å². The maximum absolute atomic E-state index is 15.0. The Morgan fingerprint density at radius 1 is 1.06 bits per heavy atom. The van der Waals surface area contributed by atoms with Gasteiger partial charge in [-0.25, -0.2) is 0 Å². The summed E-state index contributed by atoms with van der Waals surface area (Å²) in [5, 5.41) is 12.0. The topological polar surface area (TPSA) is 99.6 Å². The zero-order chi connectivity index (χ0) is 36.5. The SMILES string of the molecule is C=CCN1C(=O)[C@@]2(O[C@@H](CC(=O)N3CCC[C@H]3CO)[C@H](C(C)(C)c3ccc(OC)cc3)[C@H]2C)c2cc(N3C(=O)c4cccc5cccc3c45)ccc21. The van der Waals surface area contributed by atoms with Crippen LogP contribution in [0.15, 0.2) is 91.5 Å². The van der Waals surface area contributed by atoms with Crippen LogP contribution in [0.5, 0.6) is 5.75 Å². The van der Waals surface area contributed by atoms with E-state index in [1.54, 1.807) is 27.9 Å². The Labute approximate surface area is 304 Å². The molecule has 4 aromatic rings. The van der Waals surface area contributed by atoms with Crippen molar-refractivity contribution in [3.63, 3.8) is 0 Å². The maximum Gasteiger partial charge on any atom is 0.264 e. The van der Waals surface area contributed by atoms with Crippen molar-refractivity contribution in [1.82, 2.24) is 4.90 Å². The molecule has 9 heteroatoms. The van der Waals surface area contributed by atoms with Gasteiger partial charge in [0.05, 0.1) is 49.2 Å². The van der Waals surface area contributed by atoms with Crippen LogP contribution in [0.25, 0.3) is 10.8 Å². The van der Waals surface area contributed by atoms with Crippen LogP contribution < -0.4 is 14.5 Å². The average Bonchev–Trinajstić information content (AvgIpc) is 3.88. The summed E-state index contributed by atoms with van der Waals surface area (Å²) in [5.41, 5.74) is 2.52. The molecule has 0 aromatic heterocycles. The number of benzene rings is 4. The number of aliphatic hydroxyl groups is 1. The monoisotopic (exact) mass is 699 g/mol. The number of rotatable bonds is 9. The van der Waals surface area contributed by atoms with Gasteiger partial charge >= 0.3 is 0 Å². The molecule has 4 aromatic carbocycles. The van der Waals surface area contributed by atoms with Gasteiger partial charge in [-0.15, -0.1) is 6.58 Å². The van der Waals surface area contributed by atoms with Gasteiger partial charge in [-0.3, -0.25) is 19.3 Å². The summed E-state index contributed by atoms with van der Waals surface area (Å²) in [5.74, 6) is -0.345. The Kier molecular flexibility index (Phi) is 8.27. The number of hydrogen-bond donors (Lipinski definition) is 1. The summed E-state index contributed by atoms with van der Waals surface area (Å²) in [6.07, 6.45) is 2.74. The number of ether oxygens (including phenoxy) is 2. The van der Waals surface area contributed by atoms with Gasteiger partial charge in [0.2, 0.25) is 5.91 Å². The van der Waals surface area contributed by atoms with Gasteiger partial charge < -0.3 is 24.4 Å². The lowest BCUT2D eigenvalue weighted by Gasteiger charge is -2.39. The lowest BCUT2D eigenvalue weighted by molar-refractivity contribution is -0.150. The van der Waals surface area contributed by atoms with Crippen molar-refractivity contribution in [2.24, 2.45) is 11.8 Å². The summed E-state index contributed by atoms with van der Waals surface area (Å²) in [6.45, 7) is 11.1. The molecule has 268 valence electrons. The first-order valence-corrected chi connectivity index (χ1v) is 18.2. The molecule has 0 unspecified atom stereocenters. The largest absolute Gasteiger partial charge is 0.497 e. The zero-order valence-electron chi connectivity index (χ0n) is 30.2. The third-order valence-corrected chi connectivity index (χ3v) is 12.2. The molecule has 4 aliphatic rings. The highest BCUT2D eigenvalue weighted by atomic mass is 16.5. The van der Waals surface area contributed by atoms with E-state index in [9.17, 15) is 14.7 Å². The Morgan fingerprint density at radius 2 is 1.81 bits per heavy atom. The van der Waals surface area contributed by atoms with Gasteiger partial charge in [-0.2, -0.15) is 0 Å². The first-order valence-electron chi connectivity index (χ1n) is 18.2. The van der Waals surface area contributed by atoms with Crippen LogP contribution in [0.2, 0.25) is 0 Å². The summed E-state index contributed by atoms with van der Waals surface area (Å²) in [6, 6.07) is 25.2. The van der Waals surface area contributed by atoms with E-state index in [-0.39, 0.29) is 55.2 Å². The van der Waals surface area contributed by atoms with Crippen molar-refractivity contribution in [1.29, 1.82) is 0 Å². The lowest BCUT2D eigenvalue weighted by atomic mass is 9.63. The fourth-order valence-corrected chi connectivity index (χ4v) is 9.77. The summed E-state index contributed by atoms with van der Waals surface area (Å²) >= 11 is 0. The van der Waals surface area contributed by atoms with E-state index >= 15 is 4.79 Å². The van der Waals surface area contributed by atoms with E-state index in [1.165, 1.54) is 0 Å². The molecule has 0 saturated carbocycles. The highest BCUT2D eigenvalue weighted by molar-refractivity contribution is 6.28. The van der Waals surface area contributed by atoms with Crippen molar-refractivity contribution in [3.05, 3.63) is 108 Å². The first-order chi connectivity index (χ1) is 25.1. The molecule has 1 N–H and O–H groups in total. The Hall–Kier alpha value is -4.99. The molecule has 5 atom stereocenters. The fraction of sp³-hybridized carbons (Fsp3) is 0.372. The number of hydrogen-bond acceptors (Lipinski definition) is 6. The van der Waals surface area contributed by atoms with Crippen LogP contribution in [-0.2, 0) is 25.3 Å². The number of aliphatic hydroxyl groups excluding tert-OH is 1. The third kappa shape index (κ3) is 4.85. The number of amides is 3. The molecule has 8 rings (SSSR count). The number of carbonyl (C=O) groups excluding carboxylic acids is 3. The number of methoxy groups -OCH3 is 1. The number of likely N-dealkylation sites (tertiary alicyclic amines) is 1. The van der Waals surface area contributed by atoms with Crippen molar-refractivity contribution >= 4 is 45.6 Å². The highest BCUT2D eigenvalue weighted by Gasteiger charge is 2.66. The van der Waals surface area contributed by atoms with Gasteiger partial charge in [0.1, 0.15) is 5.75 Å². The molecule has 9 nitrogen and oxygen atoms in total. The van der Waals surface area contributed by atoms with Crippen molar-refractivity contribution in [2.45, 2.75) is 63.2 Å². The van der Waals surface area contributed by atoms with Crippen molar-refractivity contribution < 1.29 is 29.0 Å². The Balaban J connectivity index is 1.26. The predicted molar refractivity (Wildman–Crippen MR) is 201 cm³/mol. The molecule has 0 bridgehead atoms. The van der Waals surface area contributed by atoms with E-state index in [4.69, 9.17) is 9.47 Å². The Bertz CT molecular complexity index is 2100. The van der Waals surface area contributed by atoms with Crippen LogP contribution in [0.4, 0.5) is 17.1 Å². The van der Waals surface area contributed by atoms with Gasteiger partial charge in [0, 0.05) is 41.6 Å². The molecule has 0 radical (unpaired) electrons. The number of fused-ring (bicyclic) bond motifs is 2. The average molecular weight is 700 g/mol. The molecule has 4 heterocycles. The van der Waals surface area contributed by atoms with Gasteiger partial charge in [-0.05, 0) is 71.7 Å². The lowest BCUT2D eigenvalue weighted by Crippen LogP contribution is -2.46. The quantitative estimate of drug-likeness (QED) is 0.192. The number of carbonyl (C=O) groups is 3. The van der Waals surface area contributed by atoms with E-state index in [0.29, 0.717) is 29.0 Å². The summed E-state index contributed by atoms with van der Waals surface area (Å²) in [4.78, 5) is 48.4. The molecule has 2 saturated heterocycles. The predicted octanol–water partition coefficient (Wildman–Crippen LogP) is 6.87. The third-order valence-electron chi connectivity index (χ3n) is 12.2. The zero-order valence-corrected chi connectivity index (χ0v) is 30.2. The van der Waals surface area contributed by atoms with E-state index in [1.807, 2.05) is 78.9 Å². The van der Waals surface area contributed by atoms with Crippen LogP contribution in [0.1, 0.15) is 61.5 Å². The van der Waals surface area contributed by atoms with Gasteiger partial charge in [0.15, 0.2) is 5.60 Å². The minimum Gasteiger partial charge on any atom is -0.497 e. The van der Waals surface area contributed by atoms with Crippen LogP contribution >= 0.6 is 0 Å². The summed E-state index contributed by atoms with van der Waals surface area (Å²) in [7, 11) is 1.64. The standard InChI is InChI=1S/C43H45N3O6/c1-6-21-45-34-20-17-29(46-35-14-8-11-27-10-7-13-32(38(27)35)40(46)49)23-33(34)43(41(45)50)26(2)39(42(3,4)28-15-18-31(51-5)19-16-28)36(52-43)24-37(48)44-22-9-12-30(44)25-47/h6-8,10-11,13-20,23,26,30,36,39,47H,1,9,12,21-22,24-25H2,2-5H3/t26-,30+,36+,39-,43+/m1/s1. The van der Waals surface area contributed by atoms with Gasteiger partial charge in [0.25, 0.3) is 11.8 Å². The smallest absolute Gasteiger partial charge is 0.264 e. The molecule has 0 aliphatic carbocycles. The van der Waals surface area contributed by atoms with Crippen molar-refractivity contribution in [3.8, 4) is 5.75 Å². The van der Waals surface area contributed by atoms with Crippen LogP contribution in [-0.4, -0.2) is 66.7 Å². The number of nitrogens with zero attached hydrogens (tertiary/aromatic N) is 3. The second-order valence-corrected chi connectivity index (χ2v) is 15.2. The normalized spacial score (nSPS) is 25.1. The number of anilines is 3. The first kappa shape index (κ1) is 34.1. The van der Waals surface area contributed by atoms with Crippen LogP contribution in [0, 0.1) is 11.8 Å². The molecule has 1 spiro atoms. The minimum atomic E-state index is -1.43. The fourth-order valence-electron chi connectivity index (χ4n) is 9.77. The second-order valence-electron chi connectivity index (χ2n) is 15.2. The second kappa shape index (κ2) is 12.6. The molecule has 52 heavy (non-hydrogen) atoms. The van der Waals surface area contributed by atoms with E-state index in [0.717, 1.165) is 40.6 Å². The molecule has 2 fully saturated rings. The molecule has 4 aliphatic heterocycles.